The Balaban J connectivity index is 1.97. The number of aromatic hydroxyl groups is 1. The Morgan fingerprint density at radius 3 is 2.64 bits per heavy atom. The van der Waals surface area contributed by atoms with Crippen LogP contribution < -0.4 is 5.43 Å². The van der Waals surface area contributed by atoms with E-state index in [0.29, 0.717) is 14.7 Å². The maximum Gasteiger partial charge on any atom is 0.244 e. The summed E-state index contributed by atoms with van der Waals surface area (Å²) in [6, 6.07) is 9.29. The van der Waals surface area contributed by atoms with Gasteiger partial charge in [0.1, 0.15) is 11.6 Å². The second-order valence-electron chi connectivity index (χ2n) is 4.42. The van der Waals surface area contributed by atoms with E-state index < -0.39 is 0 Å². The number of nitrogens with one attached hydrogen (secondary N) is 1. The van der Waals surface area contributed by atoms with E-state index in [0.717, 1.165) is 3.57 Å². The van der Waals surface area contributed by atoms with Gasteiger partial charge in [0.25, 0.3) is 0 Å². The van der Waals surface area contributed by atoms with Crippen molar-refractivity contribution in [2.24, 2.45) is 5.10 Å². The van der Waals surface area contributed by atoms with Gasteiger partial charge >= 0.3 is 0 Å². The molecule has 2 aromatic rings. The topological polar surface area (TPSA) is 61.7 Å². The van der Waals surface area contributed by atoms with Crippen molar-refractivity contribution in [2.45, 2.75) is 6.42 Å². The predicted octanol–water partition coefficient (Wildman–Crippen LogP) is 3.43. The maximum absolute atomic E-state index is 12.8. The molecule has 4 nitrogen and oxygen atoms in total. The molecule has 0 aliphatic carbocycles. The molecular formula is C15H11FI2N2O2. The predicted molar refractivity (Wildman–Crippen MR) is 99.4 cm³/mol. The summed E-state index contributed by atoms with van der Waals surface area (Å²) in [6.45, 7) is 0. The summed E-state index contributed by atoms with van der Waals surface area (Å²) in [5, 5.41) is 13.7. The Labute approximate surface area is 154 Å². The third-order valence-corrected chi connectivity index (χ3v) is 4.17. The van der Waals surface area contributed by atoms with E-state index in [2.05, 4.69) is 33.1 Å². The number of carbonyl (C=O) groups is 1. The van der Waals surface area contributed by atoms with Crippen molar-refractivity contribution in [1.82, 2.24) is 5.43 Å². The van der Waals surface area contributed by atoms with Crippen LogP contribution in [0.1, 0.15) is 11.1 Å². The fourth-order valence-corrected chi connectivity index (χ4v) is 3.57. The lowest BCUT2D eigenvalue weighted by atomic mass is 10.1. The number of phenols is 1. The molecule has 0 unspecified atom stereocenters. The SMILES string of the molecule is O=C(Cc1ccc(F)cc1)N/N=C/c1cc(I)cc(I)c1O. The molecule has 2 rings (SSSR count). The number of hydrazone groups is 1. The molecule has 0 fully saturated rings. The van der Waals surface area contributed by atoms with E-state index in [1.807, 2.05) is 28.7 Å². The minimum atomic E-state index is -0.342. The first kappa shape index (κ1) is 17.1. The van der Waals surface area contributed by atoms with Crippen molar-refractivity contribution in [1.29, 1.82) is 0 Å². The summed E-state index contributed by atoms with van der Waals surface area (Å²) in [5.74, 6) is -0.536. The lowest BCUT2D eigenvalue weighted by Crippen LogP contribution is -2.19. The normalized spacial score (nSPS) is 10.9. The standard InChI is InChI=1S/C15H11FI2N2O2/c16-11-3-1-9(2-4-11)5-14(21)20-19-8-10-6-12(17)7-13(18)15(10)22/h1-4,6-8,22H,5H2,(H,20,21)/b19-8+. The van der Waals surface area contributed by atoms with E-state index in [9.17, 15) is 14.3 Å². The summed E-state index contributed by atoms with van der Waals surface area (Å²) in [6.07, 6.45) is 1.50. The zero-order chi connectivity index (χ0) is 16.1. The van der Waals surface area contributed by atoms with Crippen LogP contribution in [0.25, 0.3) is 0 Å². The van der Waals surface area contributed by atoms with Crippen LogP contribution in [0.4, 0.5) is 4.39 Å². The lowest BCUT2D eigenvalue weighted by Gasteiger charge is -2.03. The monoisotopic (exact) mass is 524 g/mol. The molecule has 0 spiro atoms. The Morgan fingerprint density at radius 1 is 1.27 bits per heavy atom. The number of hydrogen-bond donors (Lipinski definition) is 2. The third kappa shape index (κ3) is 4.90. The van der Waals surface area contributed by atoms with Crippen molar-refractivity contribution in [3.63, 3.8) is 0 Å². The highest BCUT2D eigenvalue weighted by Gasteiger charge is 2.06. The molecule has 114 valence electrons. The third-order valence-electron chi connectivity index (χ3n) is 2.73. The van der Waals surface area contributed by atoms with Crippen LogP contribution >= 0.6 is 45.2 Å². The van der Waals surface area contributed by atoms with Gasteiger partial charge in [0, 0.05) is 9.13 Å². The number of hydrogen-bond acceptors (Lipinski definition) is 3. The van der Waals surface area contributed by atoms with Gasteiger partial charge in [-0.05, 0) is 75.0 Å². The molecule has 0 heterocycles. The summed E-state index contributed by atoms with van der Waals surface area (Å²) in [4.78, 5) is 11.7. The zero-order valence-electron chi connectivity index (χ0n) is 11.2. The lowest BCUT2D eigenvalue weighted by molar-refractivity contribution is -0.120. The molecule has 0 saturated carbocycles. The summed E-state index contributed by atoms with van der Waals surface area (Å²) < 4.78 is 14.4. The molecule has 1 amide bonds. The Morgan fingerprint density at radius 2 is 1.95 bits per heavy atom. The minimum Gasteiger partial charge on any atom is -0.506 e. The van der Waals surface area contributed by atoms with Gasteiger partial charge in [-0.1, -0.05) is 12.1 Å². The largest absolute Gasteiger partial charge is 0.506 e. The maximum atomic E-state index is 12.8. The van der Waals surface area contributed by atoms with Crippen LogP contribution in [0, 0.1) is 13.0 Å². The molecule has 0 saturated heterocycles. The second kappa shape index (κ2) is 7.86. The molecule has 7 heteroatoms. The fourth-order valence-electron chi connectivity index (χ4n) is 1.69. The number of halogens is 3. The molecule has 0 bridgehead atoms. The Bertz CT molecular complexity index is 718. The Hall–Kier alpha value is -1.23. The highest BCUT2D eigenvalue weighted by molar-refractivity contribution is 14.1. The quantitative estimate of drug-likeness (QED) is 0.366. The molecule has 2 N–H and O–H groups in total. The fraction of sp³-hybridized carbons (Fsp3) is 0.0667. The van der Waals surface area contributed by atoms with E-state index >= 15 is 0 Å². The zero-order valence-corrected chi connectivity index (χ0v) is 15.5. The minimum absolute atomic E-state index is 0.105. The van der Waals surface area contributed by atoms with Crippen molar-refractivity contribution in [3.05, 3.63) is 60.5 Å². The highest BCUT2D eigenvalue weighted by Crippen LogP contribution is 2.25. The molecule has 0 radical (unpaired) electrons. The Kier molecular flexibility index (Phi) is 6.12. The average molecular weight is 524 g/mol. The van der Waals surface area contributed by atoms with Gasteiger partial charge in [-0.3, -0.25) is 4.79 Å². The number of carbonyl (C=O) groups excluding carboxylic acids is 1. The van der Waals surface area contributed by atoms with Crippen molar-refractivity contribution < 1.29 is 14.3 Å². The van der Waals surface area contributed by atoms with Gasteiger partial charge in [0.05, 0.1) is 16.2 Å². The van der Waals surface area contributed by atoms with Crippen LogP contribution in [0.2, 0.25) is 0 Å². The molecule has 2 aromatic carbocycles. The van der Waals surface area contributed by atoms with E-state index in [1.165, 1.54) is 18.3 Å². The smallest absolute Gasteiger partial charge is 0.244 e. The average Bonchev–Trinajstić information content (AvgIpc) is 2.46. The van der Waals surface area contributed by atoms with Crippen molar-refractivity contribution in [3.8, 4) is 5.75 Å². The van der Waals surface area contributed by atoms with Gasteiger partial charge in [0.2, 0.25) is 5.91 Å². The molecule has 22 heavy (non-hydrogen) atoms. The van der Waals surface area contributed by atoms with Crippen LogP contribution in [-0.2, 0) is 11.2 Å². The number of nitrogens with zero attached hydrogens (tertiary/aromatic N) is 1. The van der Waals surface area contributed by atoms with Crippen molar-refractivity contribution >= 4 is 57.3 Å². The molecule has 0 aliphatic heterocycles. The second-order valence-corrected chi connectivity index (χ2v) is 6.83. The number of benzene rings is 2. The van der Waals surface area contributed by atoms with Gasteiger partial charge in [-0.25, -0.2) is 9.82 Å². The molecule has 0 aromatic heterocycles. The number of phenolic OH excluding ortho intramolecular Hbond substituents is 1. The van der Waals surface area contributed by atoms with Crippen LogP contribution in [-0.4, -0.2) is 17.2 Å². The van der Waals surface area contributed by atoms with E-state index in [-0.39, 0.29) is 23.9 Å². The summed E-state index contributed by atoms with van der Waals surface area (Å²) in [7, 11) is 0. The van der Waals surface area contributed by atoms with E-state index in [4.69, 9.17) is 0 Å². The van der Waals surface area contributed by atoms with Crippen LogP contribution in [0.15, 0.2) is 41.5 Å². The van der Waals surface area contributed by atoms with Gasteiger partial charge in [-0.2, -0.15) is 5.10 Å². The van der Waals surface area contributed by atoms with Crippen LogP contribution in [0.5, 0.6) is 5.75 Å². The first-order chi connectivity index (χ1) is 10.5. The van der Waals surface area contributed by atoms with Gasteiger partial charge in [0.15, 0.2) is 0 Å². The molecule has 0 atom stereocenters. The van der Waals surface area contributed by atoms with E-state index in [1.54, 1.807) is 18.2 Å². The van der Waals surface area contributed by atoms with Crippen molar-refractivity contribution in [2.75, 3.05) is 0 Å². The van der Waals surface area contributed by atoms with Gasteiger partial charge in [-0.15, -0.1) is 0 Å². The number of rotatable bonds is 4. The van der Waals surface area contributed by atoms with Crippen LogP contribution in [0.3, 0.4) is 0 Å². The first-order valence-corrected chi connectivity index (χ1v) is 8.36. The molecule has 0 aliphatic rings. The summed E-state index contributed by atoms with van der Waals surface area (Å²) >= 11 is 4.16. The molecular weight excluding hydrogens is 513 g/mol. The van der Waals surface area contributed by atoms with Gasteiger partial charge < -0.3 is 5.11 Å². The first-order valence-electron chi connectivity index (χ1n) is 6.20. The summed E-state index contributed by atoms with van der Waals surface area (Å²) in [5.41, 5.74) is 3.60. The highest BCUT2D eigenvalue weighted by atomic mass is 127. The number of amides is 1.